The summed E-state index contributed by atoms with van der Waals surface area (Å²) in [7, 11) is 1.58. The minimum atomic E-state index is -4.55. The third-order valence-electron chi connectivity index (χ3n) is 4.86. The van der Waals surface area contributed by atoms with E-state index in [0.717, 1.165) is 31.6 Å². The van der Waals surface area contributed by atoms with Crippen molar-refractivity contribution in [3.05, 3.63) is 51.3 Å². The molecule has 1 aromatic heterocycles. The van der Waals surface area contributed by atoms with Gasteiger partial charge < -0.3 is 9.64 Å². The molecule has 152 valence electrons. The van der Waals surface area contributed by atoms with Crippen LogP contribution in [0.1, 0.15) is 24.2 Å². The summed E-state index contributed by atoms with van der Waals surface area (Å²) in [5.74, 6) is 0.631. The molecule has 0 radical (unpaired) electrons. The smallest absolute Gasteiger partial charge is 0.436 e. The van der Waals surface area contributed by atoms with Crippen LogP contribution in [0.3, 0.4) is 0 Å². The van der Waals surface area contributed by atoms with Crippen molar-refractivity contribution in [2.24, 2.45) is 0 Å². The lowest BCUT2D eigenvalue weighted by molar-refractivity contribution is -0.141. The van der Waals surface area contributed by atoms with E-state index in [2.05, 4.69) is 10.00 Å². The molecule has 2 aromatic rings. The van der Waals surface area contributed by atoms with Crippen molar-refractivity contribution < 1.29 is 17.9 Å². The monoisotopic (exact) mass is 433 g/mol. The zero-order chi connectivity index (χ0) is 20.5. The number of rotatable bonds is 4. The van der Waals surface area contributed by atoms with Crippen LogP contribution in [0.4, 0.5) is 18.9 Å². The van der Waals surface area contributed by atoms with Gasteiger partial charge in [-0.1, -0.05) is 34.9 Å². The highest BCUT2D eigenvalue weighted by atomic mass is 35.5. The number of hydrogen-bond donors (Lipinski definition) is 0. The average molecular weight is 434 g/mol. The predicted molar refractivity (Wildman–Crippen MR) is 105 cm³/mol. The fourth-order valence-corrected chi connectivity index (χ4v) is 3.64. The molecule has 2 heterocycles. The number of halogens is 5. The summed E-state index contributed by atoms with van der Waals surface area (Å²) in [6, 6.07) is 5.67. The zero-order valence-electron chi connectivity index (χ0n) is 15.5. The number of allylic oxidation sites excluding steroid dienone is 1. The van der Waals surface area contributed by atoms with Crippen LogP contribution in [0.2, 0.25) is 10.0 Å². The largest absolute Gasteiger partial charge is 0.495 e. The molecule has 0 N–H and O–H groups in total. The first-order chi connectivity index (χ1) is 13.2. The maximum Gasteiger partial charge on any atom is 0.436 e. The van der Waals surface area contributed by atoms with E-state index in [1.165, 1.54) is 10.3 Å². The summed E-state index contributed by atoms with van der Waals surface area (Å²) in [6.45, 7) is 3.43. The van der Waals surface area contributed by atoms with E-state index in [0.29, 0.717) is 16.5 Å². The van der Waals surface area contributed by atoms with Crippen molar-refractivity contribution in [3.8, 4) is 5.75 Å². The molecule has 1 aliphatic rings. The van der Waals surface area contributed by atoms with Gasteiger partial charge in [-0.2, -0.15) is 18.3 Å². The van der Waals surface area contributed by atoms with E-state index in [-0.39, 0.29) is 11.6 Å². The fourth-order valence-electron chi connectivity index (χ4n) is 3.20. The lowest BCUT2D eigenvalue weighted by atomic mass is 10.0. The Bertz CT molecular complexity index is 883. The van der Waals surface area contributed by atoms with Crippen molar-refractivity contribution in [2.75, 3.05) is 25.1 Å². The maximum atomic E-state index is 12.9. The van der Waals surface area contributed by atoms with Crippen LogP contribution < -0.4 is 9.64 Å². The number of methoxy groups -OCH3 is 1. The van der Waals surface area contributed by atoms with Gasteiger partial charge in [-0.3, -0.25) is 4.68 Å². The van der Waals surface area contributed by atoms with Gasteiger partial charge in [0.05, 0.1) is 29.4 Å². The van der Waals surface area contributed by atoms with Crippen molar-refractivity contribution in [1.29, 1.82) is 0 Å². The summed E-state index contributed by atoms with van der Waals surface area (Å²) >= 11 is 11.9. The molecule has 0 bridgehead atoms. The first kappa shape index (κ1) is 20.9. The van der Waals surface area contributed by atoms with Gasteiger partial charge >= 0.3 is 6.18 Å². The Hall–Kier alpha value is -1.86. The van der Waals surface area contributed by atoms with Crippen LogP contribution in [-0.2, 0) is 12.7 Å². The molecule has 1 saturated heterocycles. The molecule has 1 fully saturated rings. The van der Waals surface area contributed by atoms with E-state index >= 15 is 0 Å². The van der Waals surface area contributed by atoms with E-state index < -0.39 is 11.9 Å². The van der Waals surface area contributed by atoms with Gasteiger partial charge in [0.1, 0.15) is 5.75 Å². The van der Waals surface area contributed by atoms with Gasteiger partial charge in [-0.15, -0.1) is 0 Å². The standard InChI is InChI=1S/C19H20Cl2F3N3O/c1-12-17(21)18(19(22,23)24)25-27(12)10-7-13-5-8-26(9-6-13)14-3-4-15(20)16(11-14)28-2/h3-4,7,11H,5-6,8-10H2,1-2H3. The molecule has 0 unspecified atom stereocenters. The normalized spacial score (nSPS) is 15.1. The van der Waals surface area contributed by atoms with Crippen LogP contribution in [0.15, 0.2) is 29.8 Å². The average Bonchev–Trinajstić information content (AvgIpc) is 2.96. The molecular weight excluding hydrogens is 414 g/mol. The Morgan fingerprint density at radius 1 is 1.21 bits per heavy atom. The number of nitrogens with zero attached hydrogens (tertiary/aromatic N) is 3. The Labute approximate surface area is 171 Å². The number of benzene rings is 1. The number of ether oxygens (including phenoxy) is 1. The van der Waals surface area contributed by atoms with Crippen LogP contribution in [0.25, 0.3) is 0 Å². The molecule has 0 saturated carbocycles. The number of aromatic nitrogens is 2. The van der Waals surface area contributed by atoms with E-state index in [1.807, 2.05) is 24.3 Å². The summed E-state index contributed by atoms with van der Waals surface area (Å²) < 4.78 is 45.3. The minimum Gasteiger partial charge on any atom is -0.495 e. The number of piperidine rings is 1. The van der Waals surface area contributed by atoms with Crippen LogP contribution in [0, 0.1) is 6.92 Å². The lowest BCUT2D eigenvalue weighted by Crippen LogP contribution is -2.30. The van der Waals surface area contributed by atoms with Gasteiger partial charge in [-0.25, -0.2) is 0 Å². The van der Waals surface area contributed by atoms with Crippen molar-refractivity contribution in [1.82, 2.24) is 9.78 Å². The van der Waals surface area contributed by atoms with E-state index in [9.17, 15) is 13.2 Å². The van der Waals surface area contributed by atoms with E-state index in [4.69, 9.17) is 27.9 Å². The molecule has 0 spiro atoms. The van der Waals surface area contributed by atoms with Gasteiger partial charge in [0.15, 0.2) is 5.69 Å². The van der Waals surface area contributed by atoms with Gasteiger partial charge in [-0.05, 0) is 31.9 Å². The van der Waals surface area contributed by atoms with Crippen molar-refractivity contribution in [3.63, 3.8) is 0 Å². The molecule has 0 atom stereocenters. The fraction of sp³-hybridized carbons (Fsp3) is 0.421. The maximum absolute atomic E-state index is 12.9. The molecule has 28 heavy (non-hydrogen) atoms. The molecule has 0 amide bonds. The Morgan fingerprint density at radius 2 is 1.89 bits per heavy atom. The highest BCUT2D eigenvalue weighted by Gasteiger charge is 2.38. The first-order valence-electron chi connectivity index (χ1n) is 8.77. The Balaban J connectivity index is 1.65. The highest BCUT2D eigenvalue weighted by Crippen LogP contribution is 2.35. The number of anilines is 1. The third kappa shape index (κ3) is 4.41. The number of hydrogen-bond acceptors (Lipinski definition) is 3. The Kier molecular flexibility index (Phi) is 6.15. The highest BCUT2D eigenvalue weighted by molar-refractivity contribution is 6.32. The molecule has 1 aromatic carbocycles. The van der Waals surface area contributed by atoms with Crippen molar-refractivity contribution >= 4 is 28.9 Å². The zero-order valence-corrected chi connectivity index (χ0v) is 17.0. The lowest BCUT2D eigenvalue weighted by Gasteiger charge is -2.30. The summed E-state index contributed by atoms with van der Waals surface area (Å²) in [6.07, 6.45) is -0.961. The second-order valence-corrected chi connectivity index (χ2v) is 7.38. The molecule has 9 heteroatoms. The van der Waals surface area contributed by atoms with Gasteiger partial charge in [0, 0.05) is 24.8 Å². The number of alkyl halides is 3. The molecule has 0 aliphatic carbocycles. The molecule has 4 nitrogen and oxygen atoms in total. The minimum absolute atomic E-state index is 0.270. The SMILES string of the molecule is COc1cc(N2CCC(=CCn3nc(C(F)(F)F)c(Cl)c3C)CC2)ccc1Cl. The van der Waals surface area contributed by atoms with Gasteiger partial charge in [0.25, 0.3) is 0 Å². The second kappa shape index (κ2) is 8.25. The topological polar surface area (TPSA) is 30.3 Å². The predicted octanol–water partition coefficient (Wildman–Crippen LogP) is 5.75. The third-order valence-corrected chi connectivity index (χ3v) is 5.63. The Morgan fingerprint density at radius 3 is 2.46 bits per heavy atom. The first-order valence-corrected chi connectivity index (χ1v) is 9.52. The van der Waals surface area contributed by atoms with Crippen molar-refractivity contribution in [2.45, 2.75) is 32.5 Å². The molecular formula is C19H20Cl2F3N3O. The van der Waals surface area contributed by atoms with Crippen LogP contribution in [0.5, 0.6) is 5.75 Å². The molecule has 1 aliphatic heterocycles. The van der Waals surface area contributed by atoms with Crippen LogP contribution >= 0.6 is 23.2 Å². The van der Waals surface area contributed by atoms with Crippen LogP contribution in [-0.4, -0.2) is 30.0 Å². The summed E-state index contributed by atoms with van der Waals surface area (Å²) in [4.78, 5) is 2.23. The summed E-state index contributed by atoms with van der Waals surface area (Å²) in [5.41, 5.74) is 1.51. The van der Waals surface area contributed by atoms with Gasteiger partial charge in [0.2, 0.25) is 0 Å². The summed E-state index contributed by atoms with van der Waals surface area (Å²) in [5, 5.41) is 3.86. The van der Waals surface area contributed by atoms with E-state index in [1.54, 1.807) is 14.0 Å². The molecule has 3 rings (SSSR count). The quantitative estimate of drug-likeness (QED) is 0.574. The second-order valence-electron chi connectivity index (χ2n) is 6.60.